The molecule has 2 atom stereocenters. The molecule has 3 heteroatoms. The Labute approximate surface area is 117 Å². The van der Waals surface area contributed by atoms with Gasteiger partial charge in [-0.05, 0) is 57.0 Å². The number of rotatable bonds is 4. The highest BCUT2D eigenvalue weighted by atomic mass is 32.2. The molecule has 1 N–H and O–H groups in total. The zero-order chi connectivity index (χ0) is 13.0. The van der Waals surface area contributed by atoms with E-state index in [1.807, 2.05) is 0 Å². The molecule has 0 aromatic rings. The zero-order valence-electron chi connectivity index (χ0n) is 12.4. The summed E-state index contributed by atoms with van der Waals surface area (Å²) in [6.45, 7) is 7.48. The minimum absolute atomic E-state index is 0.514. The first-order valence-corrected chi connectivity index (χ1v) is 8.79. The Bertz CT molecular complexity index is 255. The average Bonchev–Trinajstić information content (AvgIpc) is 2.36. The molecule has 18 heavy (non-hydrogen) atoms. The van der Waals surface area contributed by atoms with E-state index >= 15 is 0 Å². The molecule has 2 fully saturated rings. The third-order valence-corrected chi connectivity index (χ3v) is 5.91. The smallest absolute Gasteiger partial charge is 0.0240 e. The van der Waals surface area contributed by atoms with Crippen LogP contribution in [0.3, 0.4) is 0 Å². The molecule has 0 aliphatic carbocycles. The summed E-state index contributed by atoms with van der Waals surface area (Å²) >= 11 is 2.17. The predicted molar refractivity (Wildman–Crippen MR) is 82.4 cm³/mol. The molecule has 2 aliphatic rings. The van der Waals surface area contributed by atoms with Crippen LogP contribution in [-0.4, -0.2) is 48.6 Å². The summed E-state index contributed by atoms with van der Waals surface area (Å²) in [7, 11) is 2.08. The van der Waals surface area contributed by atoms with E-state index in [0.717, 1.165) is 12.1 Å². The Morgan fingerprint density at radius 3 is 2.89 bits per heavy atom. The van der Waals surface area contributed by atoms with Crippen molar-refractivity contribution < 1.29 is 0 Å². The lowest BCUT2D eigenvalue weighted by Gasteiger charge is -2.50. The van der Waals surface area contributed by atoms with E-state index < -0.39 is 0 Å². The summed E-state index contributed by atoms with van der Waals surface area (Å²) in [5.74, 6) is 2.71. The van der Waals surface area contributed by atoms with Crippen molar-refractivity contribution >= 4 is 11.8 Å². The average molecular weight is 270 g/mol. The molecule has 0 aromatic heterocycles. The van der Waals surface area contributed by atoms with E-state index in [-0.39, 0.29) is 0 Å². The van der Waals surface area contributed by atoms with Crippen LogP contribution in [0, 0.1) is 5.41 Å². The fraction of sp³-hybridized carbons (Fsp3) is 1.00. The minimum atomic E-state index is 0.514. The van der Waals surface area contributed by atoms with E-state index in [0.29, 0.717) is 5.41 Å². The molecular weight excluding hydrogens is 240 g/mol. The quantitative estimate of drug-likeness (QED) is 0.845. The summed E-state index contributed by atoms with van der Waals surface area (Å²) in [5.41, 5.74) is 0.514. The van der Waals surface area contributed by atoms with Gasteiger partial charge in [0.25, 0.3) is 0 Å². The molecule has 2 heterocycles. The van der Waals surface area contributed by atoms with E-state index in [2.05, 4.69) is 42.9 Å². The summed E-state index contributed by atoms with van der Waals surface area (Å²) < 4.78 is 0. The highest BCUT2D eigenvalue weighted by Crippen LogP contribution is 2.39. The van der Waals surface area contributed by atoms with Gasteiger partial charge in [0.15, 0.2) is 0 Å². The van der Waals surface area contributed by atoms with Gasteiger partial charge in [-0.2, -0.15) is 11.8 Å². The van der Waals surface area contributed by atoms with Crippen LogP contribution in [0.15, 0.2) is 0 Å². The Morgan fingerprint density at radius 2 is 2.17 bits per heavy atom. The lowest BCUT2D eigenvalue weighted by Crippen LogP contribution is -2.55. The van der Waals surface area contributed by atoms with E-state index in [4.69, 9.17) is 0 Å². The Hall–Kier alpha value is 0.270. The first kappa shape index (κ1) is 14.7. The van der Waals surface area contributed by atoms with E-state index in [1.165, 1.54) is 56.7 Å². The summed E-state index contributed by atoms with van der Waals surface area (Å²) in [6.07, 6.45) is 6.97. The molecule has 0 saturated carbocycles. The molecular formula is C15H30N2S. The molecule has 0 spiro atoms. The molecule has 2 unspecified atom stereocenters. The number of piperidine rings is 1. The fourth-order valence-corrected chi connectivity index (χ4v) is 5.22. The van der Waals surface area contributed by atoms with Crippen LogP contribution < -0.4 is 5.32 Å². The third-order valence-electron chi connectivity index (χ3n) is 4.87. The largest absolute Gasteiger partial charge is 0.320 e. The molecule has 2 nitrogen and oxygen atoms in total. The zero-order valence-corrected chi connectivity index (χ0v) is 13.2. The second kappa shape index (κ2) is 6.62. The maximum absolute atomic E-state index is 3.33. The molecule has 0 amide bonds. The SMILES string of the molecule is CNCCC1CCCCN1C1CSCCC1(C)C. The van der Waals surface area contributed by atoms with Crippen LogP contribution in [0.5, 0.6) is 0 Å². The van der Waals surface area contributed by atoms with Gasteiger partial charge in [0, 0.05) is 17.8 Å². The number of nitrogens with one attached hydrogen (secondary N) is 1. The Morgan fingerprint density at radius 1 is 1.33 bits per heavy atom. The van der Waals surface area contributed by atoms with E-state index in [9.17, 15) is 0 Å². The highest BCUT2D eigenvalue weighted by molar-refractivity contribution is 7.99. The van der Waals surface area contributed by atoms with Gasteiger partial charge in [-0.1, -0.05) is 20.3 Å². The van der Waals surface area contributed by atoms with Gasteiger partial charge in [0.2, 0.25) is 0 Å². The second-order valence-electron chi connectivity index (χ2n) is 6.61. The Kier molecular flexibility index (Phi) is 5.40. The summed E-state index contributed by atoms with van der Waals surface area (Å²) in [6, 6.07) is 1.63. The highest BCUT2D eigenvalue weighted by Gasteiger charge is 2.39. The minimum Gasteiger partial charge on any atom is -0.320 e. The molecule has 2 rings (SSSR count). The normalized spacial score (nSPS) is 33.5. The van der Waals surface area contributed by atoms with Crippen molar-refractivity contribution in [3.05, 3.63) is 0 Å². The topological polar surface area (TPSA) is 15.3 Å². The lowest BCUT2D eigenvalue weighted by molar-refractivity contribution is 0.0318. The van der Waals surface area contributed by atoms with Crippen LogP contribution >= 0.6 is 11.8 Å². The van der Waals surface area contributed by atoms with Crippen LogP contribution in [0.4, 0.5) is 0 Å². The number of likely N-dealkylation sites (tertiary alicyclic amines) is 1. The lowest BCUT2D eigenvalue weighted by atomic mass is 9.79. The van der Waals surface area contributed by atoms with Crippen molar-refractivity contribution in [1.29, 1.82) is 0 Å². The molecule has 0 bridgehead atoms. The third kappa shape index (κ3) is 3.43. The van der Waals surface area contributed by atoms with Crippen molar-refractivity contribution in [1.82, 2.24) is 10.2 Å². The van der Waals surface area contributed by atoms with Crippen molar-refractivity contribution in [2.24, 2.45) is 5.41 Å². The molecule has 106 valence electrons. The maximum atomic E-state index is 3.33. The van der Waals surface area contributed by atoms with Gasteiger partial charge in [0.05, 0.1) is 0 Å². The predicted octanol–water partition coefficient (Wildman–Crippen LogP) is 2.98. The van der Waals surface area contributed by atoms with Gasteiger partial charge in [-0.25, -0.2) is 0 Å². The maximum Gasteiger partial charge on any atom is 0.0240 e. The molecule has 0 aromatic carbocycles. The first-order valence-electron chi connectivity index (χ1n) is 7.63. The van der Waals surface area contributed by atoms with Crippen molar-refractivity contribution in [2.45, 2.75) is 58.0 Å². The van der Waals surface area contributed by atoms with Crippen LogP contribution in [-0.2, 0) is 0 Å². The molecule has 0 radical (unpaired) electrons. The van der Waals surface area contributed by atoms with Gasteiger partial charge in [-0.3, -0.25) is 4.90 Å². The van der Waals surface area contributed by atoms with Crippen molar-refractivity contribution in [3.8, 4) is 0 Å². The number of hydrogen-bond acceptors (Lipinski definition) is 3. The van der Waals surface area contributed by atoms with Crippen LogP contribution in [0.2, 0.25) is 0 Å². The van der Waals surface area contributed by atoms with Gasteiger partial charge >= 0.3 is 0 Å². The van der Waals surface area contributed by atoms with Crippen LogP contribution in [0.1, 0.15) is 46.0 Å². The summed E-state index contributed by atoms with van der Waals surface area (Å²) in [5, 5.41) is 3.33. The van der Waals surface area contributed by atoms with Gasteiger partial charge in [-0.15, -0.1) is 0 Å². The van der Waals surface area contributed by atoms with Gasteiger partial charge < -0.3 is 5.32 Å². The monoisotopic (exact) mass is 270 g/mol. The fourth-order valence-electron chi connectivity index (χ4n) is 3.52. The van der Waals surface area contributed by atoms with Gasteiger partial charge in [0.1, 0.15) is 0 Å². The summed E-state index contributed by atoms with van der Waals surface area (Å²) in [4.78, 5) is 2.87. The molecule has 2 aliphatic heterocycles. The number of hydrogen-bond donors (Lipinski definition) is 1. The molecule has 2 saturated heterocycles. The standard InChI is InChI=1S/C15H30N2S/c1-15(2)8-11-18-12-14(15)17-10-5-4-6-13(17)7-9-16-3/h13-14,16H,4-12H2,1-3H3. The van der Waals surface area contributed by atoms with Crippen molar-refractivity contribution in [3.63, 3.8) is 0 Å². The van der Waals surface area contributed by atoms with E-state index in [1.54, 1.807) is 0 Å². The Balaban J connectivity index is 2.02. The van der Waals surface area contributed by atoms with Crippen molar-refractivity contribution in [2.75, 3.05) is 31.6 Å². The second-order valence-corrected chi connectivity index (χ2v) is 7.76. The first-order chi connectivity index (χ1) is 8.65. The number of nitrogens with zero attached hydrogens (tertiary/aromatic N) is 1. The number of thioether (sulfide) groups is 1. The van der Waals surface area contributed by atoms with Crippen LogP contribution in [0.25, 0.3) is 0 Å².